The number of benzene rings is 4. The lowest BCUT2D eigenvalue weighted by atomic mass is 9.48. The van der Waals surface area contributed by atoms with Crippen LogP contribution in [0.1, 0.15) is 93.1 Å². The summed E-state index contributed by atoms with van der Waals surface area (Å²) in [6, 6.07) is 43.5. The third-order valence-corrected chi connectivity index (χ3v) is 15.7. The van der Waals surface area contributed by atoms with Crippen molar-refractivity contribution in [3.05, 3.63) is 233 Å². The van der Waals surface area contributed by atoms with Crippen LogP contribution in [0.15, 0.2) is 210 Å². The van der Waals surface area contributed by atoms with Gasteiger partial charge in [0.25, 0.3) is 0 Å². The zero-order valence-corrected chi connectivity index (χ0v) is 35.8. The minimum Gasteiger partial charge on any atom is -0.345 e. The average molecular weight is 795 g/mol. The van der Waals surface area contributed by atoms with Crippen molar-refractivity contribution < 1.29 is 0 Å². The Balaban J connectivity index is 1.04. The Morgan fingerprint density at radius 3 is 2.16 bits per heavy atom. The van der Waals surface area contributed by atoms with E-state index in [0.29, 0.717) is 23.8 Å². The summed E-state index contributed by atoms with van der Waals surface area (Å²) in [6.45, 7) is 5.10. The highest BCUT2D eigenvalue weighted by molar-refractivity contribution is 5.81. The van der Waals surface area contributed by atoms with Crippen LogP contribution in [0.3, 0.4) is 0 Å². The largest absolute Gasteiger partial charge is 0.345 e. The van der Waals surface area contributed by atoms with Crippen molar-refractivity contribution in [1.82, 2.24) is 5.32 Å². The predicted octanol–water partition coefficient (Wildman–Crippen LogP) is 14.2. The highest BCUT2D eigenvalue weighted by Gasteiger charge is 2.54. The lowest BCUT2D eigenvalue weighted by Crippen LogP contribution is -2.49. The van der Waals surface area contributed by atoms with Crippen LogP contribution in [0.4, 0.5) is 5.69 Å². The van der Waals surface area contributed by atoms with E-state index in [1.807, 2.05) is 0 Å². The van der Waals surface area contributed by atoms with E-state index in [1.54, 1.807) is 16.7 Å². The number of rotatable bonds is 7. The normalized spacial score (nSPS) is 31.4. The van der Waals surface area contributed by atoms with Gasteiger partial charge in [-0.25, -0.2) is 0 Å². The number of nitrogens with one attached hydrogen (secondary N) is 1. The highest BCUT2D eigenvalue weighted by atomic mass is 15.4. The van der Waals surface area contributed by atoms with Crippen molar-refractivity contribution in [2.45, 2.75) is 82.5 Å². The maximum Gasteiger partial charge on any atom is 0.107 e. The summed E-state index contributed by atoms with van der Waals surface area (Å²) in [5, 5.41) is 4.05. The molecule has 8 unspecified atom stereocenters. The lowest BCUT2D eigenvalue weighted by Gasteiger charge is -2.55. The molecule has 0 saturated carbocycles. The summed E-state index contributed by atoms with van der Waals surface area (Å²) >= 11 is 0. The second-order valence-electron chi connectivity index (χ2n) is 18.9. The van der Waals surface area contributed by atoms with Crippen LogP contribution in [0.2, 0.25) is 0 Å². The van der Waals surface area contributed by atoms with Crippen LogP contribution in [-0.2, 0) is 0 Å². The van der Waals surface area contributed by atoms with Gasteiger partial charge in [-0.2, -0.15) is 0 Å². The minimum absolute atomic E-state index is 0.0106. The van der Waals surface area contributed by atoms with E-state index in [2.05, 4.69) is 212 Å². The van der Waals surface area contributed by atoms with Crippen molar-refractivity contribution in [2.75, 3.05) is 4.90 Å². The molecular formula is C59H58N2. The molecule has 8 atom stereocenters. The fourth-order valence-electron chi connectivity index (χ4n) is 12.7. The van der Waals surface area contributed by atoms with E-state index in [4.69, 9.17) is 0 Å². The molecular weight excluding hydrogens is 737 g/mol. The zero-order chi connectivity index (χ0) is 41.0. The van der Waals surface area contributed by atoms with Gasteiger partial charge in [-0.1, -0.05) is 189 Å². The lowest BCUT2D eigenvalue weighted by molar-refractivity contribution is 0.191. The van der Waals surface area contributed by atoms with Crippen molar-refractivity contribution in [1.29, 1.82) is 0 Å². The molecule has 1 fully saturated rings. The Kier molecular flexibility index (Phi) is 9.81. The third kappa shape index (κ3) is 6.40. The van der Waals surface area contributed by atoms with Crippen LogP contribution in [0, 0.1) is 23.2 Å². The molecule has 1 aliphatic heterocycles. The van der Waals surface area contributed by atoms with Crippen LogP contribution in [-0.4, -0.2) is 11.6 Å². The van der Waals surface area contributed by atoms with Crippen LogP contribution >= 0.6 is 0 Å². The number of hydrogen-bond donors (Lipinski definition) is 1. The summed E-state index contributed by atoms with van der Waals surface area (Å²) in [6.07, 6.45) is 37.5. The molecule has 61 heavy (non-hydrogen) atoms. The van der Waals surface area contributed by atoms with Crippen molar-refractivity contribution >= 4 is 16.8 Å². The number of fused-ring (bicyclic) bond motifs is 3. The average Bonchev–Trinajstić information content (AvgIpc) is 3.65. The molecule has 304 valence electrons. The Labute approximate surface area is 363 Å². The molecule has 7 aliphatic rings. The van der Waals surface area contributed by atoms with Gasteiger partial charge < -0.3 is 4.90 Å². The van der Waals surface area contributed by atoms with Crippen LogP contribution in [0.5, 0.6) is 0 Å². The fourth-order valence-corrected chi connectivity index (χ4v) is 12.7. The van der Waals surface area contributed by atoms with E-state index in [0.717, 1.165) is 32.1 Å². The fraction of sp³-hybridized carbons (Fsp3) is 0.288. The van der Waals surface area contributed by atoms with E-state index in [9.17, 15) is 0 Å². The van der Waals surface area contributed by atoms with E-state index in [-0.39, 0.29) is 23.0 Å². The molecule has 2 nitrogen and oxygen atoms in total. The second kappa shape index (κ2) is 15.6. The first-order valence-electron chi connectivity index (χ1n) is 23.1. The van der Waals surface area contributed by atoms with Gasteiger partial charge in [0.05, 0.1) is 11.6 Å². The van der Waals surface area contributed by atoms with Gasteiger partial charge in [0.15, 0.2) is 0 Å². The van der Waals surface area contributed by atoms with Gasteiger partial charge in [-0.3, -0.25) is 5.32 Å². The molecule has 11 rings (SSSR count). The molecule has 1 N–H and O–H groups in total. The van der Waals surface area contributed by atoms with E-state index < -0.39 is 0 Å². The maximum atomic E-state index is 4.05. The van der Waals surface area contributed by atoms with Gasteiger partial charge in [-0.15, -0.1) is 0 Å². The second-order valence-corrected chi connectivity index (χ2v) is 18.9. The molecule has 0 aromatic heterocycles. The number of allylic oxidation sites excluding steroid dienone is 17. The molecule has 0 spiro atoms. The summed E-state index contributed by atoms with van der Waals surface area (Å²) in [4.78, 5) is 2.66. The van der Waals surface area contributed by atoms with Crippen LogP contribution in [0.25, 0.3) is 11.1 Å². The maximum absolute atomic E-state index is 4.05. The molecule has 0 bridgehead atoms. The topological polar surface area (TPSA) is 15.3 Å². The first kappa shape index (κ1) is 38.2. The molecule has 4 aromatic carbocycles. The van der Waals surface area contributed by atoms with Crippen LogP contribution < -0.4 is 10.2 Å². The third-order valence-electron chi connectivity index (χ3n) is 15.7. The Bertz CT molecular complexity index is 2580. The smallest absolute Gasteiger partial charge is 0.107 e. The molecule has 6 aliphatic carbocycles. The molecule has 4 aromatic rings. The monoisotopic (exact) mass is 794 g/mol. The van der Waals surface area contributed by atoms with Gasteiger partial charge in [0.2, 0.25) is 0 Å². The molecule has 0 amide bonds. The molecule has 2 heteroatoms. The van der Waals surface area contributed by atoms with Crippen molar-refractivity contribution in [3.8, 4) is 0 Å². The summed E-state index contributed by atoms with van der Waals surface area (Å²) in [5.74, 6) is 1.32. The molecule has 0 radical (unpaired) electrons. The number of para-hydroxylation sites is 1. The first-order valence-corrected chi connectivity index (χ1v) is 23.1. The minimum atomic E-state index is -0.101. The number of nitrogens with zero attached hydrogens (tertiary/aromatic N) is 1. The summed E-state index contributed by atoms with van der Waals surface area (Å²) in [7, 11) is 0. The van der Waals surface area contributed by atoms with Gasteiger partial charge in [0.1, 0.15) is 6.17 Å². The number of anilines is 1. The zero-order valence-electron chi connectivity index (χ0n) is 35.8. The SMILES string of the molecule is CC1(C2=CCCCC2c2ccccc2)C2C=C(c3ccc(C4NC5C=CCCC5(C)N4c4ccccc4)cc3)C=CC2=C(C2CC=CC=C2c2ccccc2)C2=CC=CCC21. The van der Waals surface area contributed by atoms with E-state index >= 15 is 0 Å². The number of hydrogen-bond acceptors (Lipinski definition) is 2. The Morgan fingerprint density at radius 1 is 0.656 bits per heavy atom. The molecule has 1 saturated heterocycles. The summed E-state index contributed by atoms with van der Waals surface area (Å²) < 4.78 is 0. The molecule has 1 heterocycles. The van der Waals surface area contributed by atoms with Gasteiger partial charge in [0, 0.05) is 28.9 Å². The quantitative estimate of drug-likeness (QED) is 0.188. The summed E-state index contributed by atoms with van der Waals surface area (Å²) in [5.41, 5.74) is 15.7. The predicted molar refractivity (Wildman–Crippen MR) is 256 cm³/mol. The Hall–Kier alpha value is -5.70. The highest BCUT2D eigenvalue weighted by Crippen LogP contribution is 2.64. The first-order chi connectivity index (χ1) is 30.0. The van der Waals surface area contributed by atoms with Crippen molar-refractivity contribution in [3.63, 3.8) is 0 Å². The Morgan fingerprint density at radius 2 is 1.38 bits per heavy atom. The standard InChI is InChI=1S/C59H58N2/c1-58-39-19-18-32-55(58)60-57(61(58)46-24-10-5-11-25-46)44-35-33-41(34-36-44)45-37-38-51-54(40-45)59(2,52-30-16-14-27-48(52)43-22-8-4-9-23-43)53-31-17-15-29-50(53)56(51)49-28-13-12-26-47(49)42-20-6-3-7-21-42/h3-13,15,17-18,20-26,29-30,32-38,40,48-49,53-55,57,60H,14,16,19,27-28,31,39H2,1-2H3. The van der Waals surface area contributed by atoms with E-state index in [1.165, 1.54) is 57.5 Å². The van der Waals surface area contributed by atoms with Gasteiger partial charge in [-0.05, 0) is 120 Å². The van der Waals surface area contributed by atoms with Crippen molar-refractivity contribution in [2.24, 2.45) is 23.2 Å². The van der Waals surface area contributed by atoms with Gasteiger partial charge >= 0.3 is 0 Å².